The van der Waals surface area contributed by atoms with E-state index < -0.39 is 7.82 Å². The molecule has 0 radical (unpaired) electrons. The van der Waals surface area contributed by atoms with E-state index in [1.54, 1.807) is 0 Å². The third-order valence-electron chi connectivity index (χ3n) is 0. The van der Waals surface area contributed by atoms with Crippen molar-refractivity contribution in [2.45, 2.75) is 0 Å². The van der Waals surface area contributed by atoms with Gasteiger partial charge in [0.2, 0.25) is 10.6 Å². The Labute approximate surface area is 78.9 Å². The quantitative estimate of drug-likeness (QED) is 0.222. The number of hydrogen-bond donors (Lipinski definition) is 3. The fraction of sp³-hybridized carbons (Fsp3) is 0. The summed E-state index contributed by atoms with van der Waals surface area (Å²) in [6.07, 6.45) is 0. The minimum atomic E-state index is -4.64. The summed E-state index contributed by atoms with van der Waals surface area (Å²) < 4.78 is 18.5. The average molecular weight is 190 g/mol. The van der Waals surface area contributed by atoms with Crippen LogP contribution in [0.4, 0.5) is 4.11 Å². The molecule has 0 spiro atoms. The molecule has 0 saturated carbocycles. The Kier molecular flexibility index (Phi) is 17.3. The van der Waals surface area contributed by atoms with Crippen molar-refractivity contribution in [1.29, 1.82) is 0 Å². The summed E-state index contributed by atoms with van der Waals surface area (Å²) >= 11 is 0. The Morgan fingerprint density at radius 1 is 1.25 bits per heavy atom. The van der Waals surface area contributed by atoms with Crippen LogP contribution in [0.5, 0.6) is 0 Å². The normalized spacial score (nSPS) is 8.50. The first-order chi connectivity index (χ1) is 3.00. The summed E-state index contributed by atoms with van der Waals surface area (Å²) in [5.41, 5.74) is 0. The Balaban J connectivity index is -0.0000000750. The van der Waals surface area contributed by atoms with E-state index in [0.29, 0.717) is 0 Å². The van der Waals surface area contributed by atoms with E-state index in [9.17, 15) is 4.11 Å². The molecule has 0 saturated heterocycles. The number of hydrogen-bond acceptors (Lipinski definition) is 1. The van der Waals surface area contributed by atoms with Crippen LogP contribution in [0.2, 0.25) is 0 Å². The summed E-state index contributed by atoms with van der Waals surface area (Å²) in [4.78, 5) is 21.6. The fourth-order valence-electron chi connectivity index (χ4n) is 0. The molecule has 0 aromatic rings. The summed E-state index contributed by atoms with van der Waals surface area (Å²) in [5, 5.41) is 0. The van der Waals surface area contributed by atoms with Gasteiger partial charge in [-0.1, -0.05) is 0 Å². The Morgan fingerprint density at radius 3 is 1.25 bits per heavy atom. The van der Waals surface area contributed by atoms with Gasteiger partial charge in [0.25, 0.3) is 0 Å². The minimum absolute atomic E-state index is 0. The molecule has 0 atom stereocenters. The van der Waals surface area contributed by atoms with Crippen LogP contribution >= 0.6 is 7.82 Å². The third kappa shape index (κ3) is 139. The van der Waals surface area contributed by atoms with Crippen molar-refractivity contribution in [2.24, 2.45) is 0 Å². The van der Waals surface area contributed by atoms with Gasteiger partial charge < -0.3 is 18.8 Å². The van der Waals surface area contributed by atoms with Crippen LogP contribution in [0.15, 0.2) is 0 Å². The molecule has 0 aromatic carbocycles. The Bertz CT molecular complexity index is 62.2. The molecule has 0 aliphatic heterocycles. The second-order valence-corrected chi connectivity index (χ2v) is 1.54. The van der Waals surface area contributed by atoms with Gasteiger partial charge in [-0.05, 0) is 0 Å². The molecule has 0 rings (SSSR count). The van der Waals surface area contributed by atoms with Crippen molar-refractivity contribution in [3.63, 3.8) is 0 Å². The number of rotatable bonds is 0. The molecular formula is H8CaFO4PSi. The molecule has 0 aromatic heterocycles. The molecule has 4 nitrogen and oxygen atoms in total. The van der Waals surface area contributed by atoms with E-state index in [-0.39, 0.29) is 48.3 Å². The molecular weight excluding hydrogens is 182 g/mol. The monoisotopic (exact) mass is 190 g/mol. The SMILES string of the molecule is F[SiH3].O=P(O)(O)O.[CaH2]. The first-order valence-corrected chi connectivity index (χ1v) is 3.48. The zero-order valence-electron chi connectivity index (χ0n) is 3.58. The topological polar surface area (TPSA) is 77.8 Å². The van der Waals surface area contributed by atoms with Crippen molar-refractivity contribution in [1.82, 2.24) is 0 Å². The molecule has 0 fully saturated rings. The van der Waals surface area contributed by atoms with E-state index in [4.69, 9.17) is 19.2 Å². The van der Waals surface area contributed by atoms with Crippen LogP contribution < -0.4 is 0 Å². The Morgan fingerprint density at radius 2 is 1.25 bits per heavy atom. The summed E-state index contributed by atoms with van der Waals surface area (Å²) in [6, 6.07) is 0. The summed E-state index contributed by atoms with van der Waals surface area (Å²) in [6.45, 7) is 0. The number of phosphoric acid groups is 1. The van der Waals surface area contributed by atoms with Crippen molar-refractivity contribution in [3.8, 4) is 0 Å². The van der Waals surface area contributed by atoms with Gasteiger partial charge in [-0.3, -0.25) is 0 Å². The molecule has 8 heavy (non-hydrogen) atoms. The zero-order valence-corrected chi connectivity index (χ0v) is 6.47. The second kappa shape index (κ2) is 8.52. The summed E-state index contributed by atoms with van der Waals surface area (Å²) in [5.74, 6) is 0. The van der Waals surface area contributed by atoms with Crippen LogP contribution in [-0.2, 0) is 4.57 Å². The van der Waals surface area contributed by atoms with E-state index in [2.05, 4.69) is 0 Å². The van der Waals surface area contributed by atoms with E-state index in [1.165, 1.54) is 0 Å². The van der Waals surface area contributed by atoms with Crippen molar-refractivity contribution in [3.05, 3.63) is 0 Å². The van der Waals surface area contributed by atoms with Gasteiger partial charge >= 0.3 is 45.6 Å². The van der Waals surface area contributed by atoms with E-state index in [1.807, 2.05) is 0 Å². The first kappa shape index (κ1) is 16.3. The van der Waals surface area contributed by atoms with E-state index in [0.717, 1.165) is 0 Å². The molecule has 50 valence electrons. The summed E-state index contributed by atoms with van der Waals surface area (Å²) in [7, 11) is -4.83. The maximum atomic E-state index is 9.64. The van der Waals surface area contributed by atoms with Gasteiger partial charge in [0.05, 0.1) is 0 Å². The predicted octanol–water partition coefficient (Wildman–Crippen LogP) is -2.61. The van der Waals surface area contributed by atoms with Crippen LogP contribution in [0.1, 0.15) is 0 Å². The second-order valence-electron chi connectivity index (χ2n) is 0.513. The van der Waals surface area contributed by atoms with Gasteiger partial charge in [-0.2, -0.15) is 0 Å². The van der Waals surface area contributed by atoms with Gasteiger partial charge in [-0.25, -0.2) is 4.57 Å². The maximum absolute atomic E-state index is 9.64. The van der Waals surface area contributed by atoms with Crippen LogP contribution in [0.3, 0.4) is 0 Å². The average Bonchev–Trinajstić information content (AvgIpc) is 1.36. The van der Waals surface area contributed by atoms with E-state index >= 15 is 0 Å². The van der Waals surface area contributed by atoms with Gasteiger partial charge in [-0.15, -0.1) is 0 Å². The van der Waals surface area contributed by atoms with Crippen molar-refractivity contribution >= 4 is 56.1 Å². The Hall–Kier alpha value is 1.52. The van der Waals surface area contributed by atoms with Crippen LogP contribution in [0, 0.1) is 0 Å². The predicted molar refractivity (Wildman–Crippen MR) is 33.9 cm³/mol. The molecule has 0 heterocycles. The molecule has 0 amide bonds. The molecule has 8 heteroatoms. The third-order valence-corrected chi connectivity index (χ3v) is 0. The molecule has 3 N–H and O–H groups in total. The van der Waals surface area contributed by atoms with Crippen molar-refractivity contribution in [2.75, 3.05) is 0 Å². The molecule has 0 bridgehead atoms. The van der Waals surface area contributed by atoms with Gasteiger partial charge in [0.15, 0.2) is 0 Å². The molecule has 0 aliphatic rings. The molecule has 0 aliphatic carbocycles. The van der Waals surface area contributed by atoms with Gasteiger partial charge in [0, 0.05) is 0 Å². The van der Waals surface area contributed by atoms with Crippen LogP contribution in [-0.4, -0.2) is 63.0 Å². The number of halogens is 1. The molecule has 0 unspecified atom stereocenters. The standard InChI is InChI=1S/Ca.FH3Si.H3O4P.2H/c;1-2;1-5(2,3)4;;/h;2H3;(H3,1,2,3,4);;. The first-order valence-electron chi connectivity index (χ1n) is 1.16. The van der Waals surface area contributed by atoms with Crippen molar-refractivity contribution < 1.29 is 23.4 Å². The van der Waals surface area contributed by atoms with Crippen LogP contribution in [0.25, 0.3) is 0 Å². The fourth-order valence-corrected chi connectivity index (χ4v) is 0. The zero-order chi connectivity index (χ0) is 6.50. The van der Waals surface area contributed by atoms with Gasteiger partial charge in [0.1, 0.15) is 0 Å².